The largest absolute Gasteiger partial charge is 0.479 e. The molecule has 0 N–H and O–H groups in total. The summed E-state index contributed by atoms with van der Waals surface area (Å²) in [5, 5.41) is 0.847. The molecule has 1 aromatic carbocycles. The highest BCUT2D eigenvalue weighted by molar-refractivity contribution is 5.81. The smallest absolute Gasteiger partial charge is 0.347 e. The Morgan fingerprint density at radius 3 is 2.71 bits per heavy atom. The van der Waals surface area contributed by atoms with Crippen molar-refractivity contribution in [2.75, 3.05) is 0 Å². The average Bonchev–Trinajstić information content (AvgIpc) is 2.55. The normalized spacial score (nSPS) is 16.8. The summed E-state index contributed by atoms with van der Waals surface area (Å²) >= 11 is 0. The fourth-order valence-electron chi connectivity index (χ4n) is 3.07. The van der Waals surface area contributed by atoms with E-state index in [0.717, 1.165) is 36.6 Å². The Morgan fingerprint density at radius 2 is 1.96 bits per heavy atom. The second-order valence-electron chi connectivity index (χ2n) is 6.36. The summed E-state index contributed by atoms with van der Waals surface area (Å²) in [7, 11) is 0. The van der Waals surface area contributed by atoms with Gasteiger partial charge < -0.3 is 13.9 Å². The van der Waals surface area contributed by atoms with Gasteiger partial charge in [-0.25, -0.2) is 9.59 Å². The average molecular weight is 330 g/mol. The summed E-state index contributed by atoms with van der Waals surface area (Å²) in [6, 6.07) is 6.67. The fourth-order valence-corrected chi connectivity index (χ4v) is 3.07. The first-order chi connectivity index (χ1) is 11.5. The van der Waals surface area contributed by atoms with E-state index in [1.807, 2.05) is 13.0 Å². The van der Waals surface area contributed by atoms with E-state index in [4.69, 9.17) is 13.9 Å². The summed E-state index contributed by atoms with van der Waals surface area (Å²) in [6.45, 7) is 3.52. The number of esters is 1. The number of carbonyl (C=O) groups is 1. The second kappa shape index (κ2) is 7.07. The Labute approximate surface area is 140 Å². The van der Waals surface area contributed by atoms with Gasteiger partial charge in [0.05, 0.1) is 0 Å². The van der Waals surface area contributed by atoms with E-state index in [2.05, 4.69) is 0 Å². The molecule has 0 spiro atoms. The molecule has 0 bridgehead atoms. The minimum absolute atomic E-state index is 0.00887. The Morgan fingerprint density at radius 1 is 1.21 bits per heavy atom. The molecule has 5 nitrogen and oxygen atoms in total. The summed E-state index contributed by atoms with van der Waals surface area (Å²) in [6.07, 6.45) is 4.59. The van der Waals surface area contributed by atoms with E-state index in [1.165, 1.54) is 12.5 Å². The van der Waals surface area contributed by atoms with Crippen molar-refractivity contribution in [3.8, 4) is 5.75 Å². The number of hydrogen-bond acceptors (Lipinski definition) is 5. The second-order valence-corrected chi connectivity index (χ2v) is 6.36. The molecule has 1 atom stereocenters. The molecule has 1 unspecified atom stereocenters. The number of carbonyl (C=O) groups excluding carboxylic acids is 1. The Balaban J connectivity index is 1.69. The molecule has 0 saturated heterocycles. The predicted molar refractivity (Wildman–Crippen MR) is 90.3 cm³/mol. The van der Waals surface area contributed by atoms with Crippen molar-refractivity contribution in [1.82, 2.24) is 0 Å². The lowest BCUT2D eigenvalue weighted by Gasteiger charge is -2.23. The maximum atomic E-state index is 12.2. The molecule has 1 heterocycles. The first-order valence-corrected chi connectivity index (χ1v) is 8.44. The minimum Gasteiger partial charge on any atom is -0.479 e. The van der Waals surface area contributed by atoms with E-state index >= 15 is 0 Å². The number of benzene rings is 1. The predicted octanol–water partition coefficient (Wildman–Crippen LogP) is 3.74. The molecular formula is C19H22O5. The maximum absolute atomic E-state index is 12.2. The molecule has 128 valence electrons. The van der Waals surface area contributed by atoms with Crippen molar-refractivity contribution in [3.05, 3.63) is 40.2 Å². The van der Waals surface area contributed by atoms with Crippen molar-refractivity contribution >= 4 is 16.9 Å². The van der Waals surface area contributed by atoms with Crippen molar-refractivity contribution in [1.29, 1.82) is 0 Å². The van der Waals surface area contributed by atoms with Crippen LogP contribution in [0, 0.1) is 6.92 Å². The summed E-state index contributed by atoms with van der Waals surface area (Å²) in [5.74, 6) is 0.122. The maximum Gasteiger partial charge on any atom is 0.347 e. The van der Waals surface area contributed by atoms with Gasteiger partial charge in [-0.1, -0.05) is 6.42 Å². The van der Waals surface area contributed by atoms with Gasteiger partial charge in [0.1, 0.15) is 17.4 Å². The first-order valence-electron chi connectivity index (χ1n) is 8.44. The number of aryl methyl sites for hydroxylation is 1. The molecule has 0 aliphatic heterocycles. The monoisotopic (exact) mass is 330 g/mol. The summed E-state index contributed by atoms with van der Waals surface area (Å²) < 4.78 is 16.4. The molecule has 2 aromatic rings. The molecule has 0 radical (unpaired) electrons. The van der Waals surface area contributed by atoms with Crippen LogP contribution in [0.2, 0.25) is 0 Å². The standard InChI is InChI=1S/C19H22O5/c1-12-10-18(20)24-17-11-15(8-9-16(12)17)22-13(2)19(21)23-14-6-4-3-5-7-14/h8-11,13-14H,3-7H2,1-2H3. The van der Waals surface area contributed by atoms with Gasteiger partial charge in [0.2, 0.25) is 0 Å². The highest BCUT2D eigenvalue weighted by Gasteiger charge is 2.23. The van der Waals surface area contributed by atoms with Crippen LogP contribution in [0.1, 0.15) is 44.6 Å². The lowest BCUT2D eigenvalue weighted by molar-refractivity contribution is -0.158. The molecule has 1 saturated carbocycles. The van der Waals surface area contributed by atoms with Gasteiger partial charge in [-0.3, -0.25) is 0 Å². The Kier molecular flexibility index (Phi) is 4.88. The SMILES string of the molecule is Cc1cc(=O)oc2cc(OC(C)C(=O)OC3CCCCC3)ccc12. The molecule has 1 aliphatic rings. The number of ether oxygens (including phenoxy) is 2. The number of fused-ring (bicyclic) bond motifs is 1. The third-order valence-corrected chi connectivity index (χ3v) is 4.40. The van der Waals surface area contributed by atoms with Gasteiger partial charge >= 0.3 is 11.6 Å². The minimum atomic E-state index is -0.707. The van der Waals surface area contributed by atoms with Crippen LogP contribution in [0.25, 0.3) is 11.0 Å². The third kappa shape index (κ3) is 3.78. The van der Waals surface area contributed by atoms with E-state index in [1.54, 1.807) is 19.1 Å². The van der Waals surface area contributed by atoms with Crippen LogP contribution in [-0.4, -0.2) is 18.2 Å². The van der Waals surface area contributed by atoms with Crippen LogP contribution in [0.3, 0.4) is 0 Å². The molecule has 5 heteroatoms. The molecule has 24 heavy (non-hydrogen) atoms. The summed E-state index contributed by atoms with van der Waals surface area (Å²) in [5.41, 5.74) is 0.893. The van der Waals surface area contributed by atoms with Crippen LogP contribution in [0.4, 0.5) is 0 Å². The van der Waals surface area contributed by atoms with Gasteiger partial charge in [-0.05, 0) is 57.2 Å². The zero-order chi connectivity index (χ0) is 17.1. The Bertz CT molecular complexity index is 786. The van der Waals surface area contributed by atoms with Crippen LogP contribution in [-0.2, 0) is 9.53 Å². The van der Waals surface area contributed by atoms with Crippen LogP contribution >= 0.6 is 0 Å². The highest BCUT2D eigenvalue weighted by Crippen LogP contribution is 2.24. The van der Waals surface area contributed by atoms with Gasteiger partial charge in [-0.2, -0.15) is 0 Å². The Hall–Kier alpha value is -2.30. The lowest BCUT2D eigenvalue weighted by Crippen LogP contribution is -2.31. The zero-order valence-electron chi connectivity index (χ0n) is 14.0. The molecular weight excluding hydrogens is 308 g/mol. The zero-order valence-corrected chi connectivity index (χ0v) is 14.0. The van der Waals surface area contributed by atoms with Crippen molar-refractivity contribution < 1.29 is 18.7 Å². The number of rotatable bonds is 4. The third-order valence-electron chi connectivity index (χ3n) is 4.40. The molecule has 3 rings (SSSR count). The molecule has 1 fully saturated rings. The molecule has 0 amide bonds. The van der Waals surface area contributed by atoms with Gasteiger partial charge in [-0.15, -0.1) is 0 Å². The lowest BCUT2D eigenvalue weighted by atomic mass is 9.98. The highest BCUT2D eigenvalue weighted by atomic mass is 16.6. The van der Waals surface area contributed by atoms with Gasteiger partial charge in [0, 0.05) is 17.5 Å². The van der Waals surface area contributed by atoms with E-state index in [0.29, 0.717) is 11.3 Å². The van der Waals surface area contributed by atoms with Gasteiger partial charge in [0.15, 0.2) is 6.10 Å². The van der Waals surface area contributed by atoms with Gasteiger partial charge in [0.25, 0.3) is 0 Å². The van der Waals surface area contributed by atoms with E-state index in [-0.39, 0.29) is 12.1 Å². The molecule has 1 aromatic heterocycles. The number of hydrogen-bond donors (Lipinski definition) is 0. The van der Waals surface area contributed by atoms with Crippen LogP contribution in [0.5, 0.6) is 5.75 Å². The van der Waals surface area contributed by atoms with Crippen LogP contribution in [0.15, 0.2) is 33.5 Å². The van der Waals surface area contributed by atoms with Crippen molar-refractivity contribution in [2.24, 2.45) is 0 Å². The fraction of sp³-hybridized carbons (Fsp3) is 0.474. The quantitative estimate of drug-likeness (QED) is 0.631. The molecule has 1 aliphatic carbocycles. The van der Waals surface area contributed by atoms with Crippen molar-refractivity contribution in [2.45, 2.75) is 58.2 Å². The summed E-state index contributed by atoms with van der Waals surface area (Å²) in [4.78, 5) is 23.7. The topological polar surface area (TPSA) is 65.7 Å². The van der Waals surface area contributed by atoms with Crippen molar-refractivity contribution in [3.63, 3.8) is 0 Å². The first kappa shape index (κ1) is 16.6. The van der Waals surface area contributed by atoms with E-state index < -0.39 is 11.7 Å². The van der Waals surface area contributed by atoms with Crippen LogP contribution < -0.4 is 10.4 Å². The van der Waals surface area contributed by atoms with E-state index in [9.17, 15) is 9.59 Å².